The van der Waals surface area contributed by atoms with Crippen LogP contribution >= 0.6 is 23.8 Å². The molecule has 0 saturated carbocycles. The van der Waals surface area contributed by atoms with Crippen LogP contribution in [-0.4, -0.2) is 36.3 Å². The molecule has 4 nitrogen and oxygen atoms in total. The molecule has 0 radical (unpaired) electrons. The van der Waals surface area contributed by atoms with E-state index in [1.807, 2.05) is 24.3 Å². The molecule has 17 heavy (non-hydrogen) atoms. The maximum absolute atomic E-state index is 5.80. The highest BCUT2D eigenvalue weighted by atomic mass is 35.5. The van der Waals surface area contributed by atoms with E-state index in [1.54, 1.807) is 0 Å². The summed E-state index contributed by atoms with van der Waals surface area (Å²) in [6.45, 7) is 3.10. The van der Waals surface area contributed by atoms with Gasteiger partial charge in [-0.15, -0.1) is 0 Å². The molecule has 0 atom stereocenters. The number of ether oxygens (including phenoxy) is 1. The molecule has 2 N–H and O–H groups in total. The number of hydrazine groups is 1. The maximum Gasteiger partial charge on any atom is 0.187 e. The Morgan fingerprint density at radius 2 is 1.88 bits per heavy atom. The number of nitrogens with zero attached hydrogens (tertiary/aromatic N) is 1. The van der Waals surface area contributed by atoms with Crippen LogP contribution in [0.1, 0.15) is 0 Å². The Morgan fingerprint density at radius 3 is 2.53 bits per heavy atom. The van der Waals surface area contributed by atoms with Gasteiger partial charge in [-0.2, -0.15) is 0 Å². The van der Waals surface area contributed by atoms with Crippen molar-refractivity contribution in [3.8, 4) is 0 Å². The maximum atomic E-state index is 5.80. The second kappa shape index (κ2) is 6.05. The van der Waals surface area contributed by atoms with Crippen molar-refractivity contribution in [3.63, 3.8) is 0 Å². The van der Waals surface area contributed by atoms with Crippen LogP contribution in [0.3, 0.4) is 0 Å². The minimum Gasteiger partial charge on any atom is -0.378 e. The average molecular weight is 272 g/mol. The normalized spacial score (nSPS) is 15.5. The van der Waals surface area contributed by atoms with Gasteiger partial charge in [-0.3, -0.25) is 10.9 Å². The summed E-state index contributed by atoms with van der Waals surface area (Å²) in [4.78, 5) is 2.07. The van der Waals surface area contributed by atoms with Crippen LogP contribution in [0.4, 0.5) is 5.69 Å². The average Bonchev–Trinajstić information content (AvgIpc) is 2.39. The molecule has 0 aliphatic carbocycles. The van der Waals surface area contributed by atoms with Crippen molar-refractivity contribution in [3.05, 3.63) is 29.3 Å². The lowest BCUT2D eigenvalue weighted by atomic mass is 10.3. The molecule has 1 aromatic carbocycles. The number of thiocarbonyl (C=S) groups is 1. The summed E-state index contributed by atoms with van der Waals surface area (Å²) in [5.41, 5.74) is 6.95. The molecule has 0 unspecified atom stereocenters. The number of nitrogens with one attached hydrogen (secondary N) is 2. The van der Waals surface area contributed by atoms with Crippen molar-refractivity contribution in [1.82, 2.24) is 10.3 Å². The number of benzene rings is 1. The lowest BCUT2D eigenvalue weighted by molar-refractivity contribution is 0.0679. The first-order valence-electron chi connectivity index (χ1n) is 5.40. The molecule has 1 aliphatic rings. The van der Waals surface area contributed by atoms with Crippen LogP contribution in [0.15, 0.2) is 24.3 Å². The molecule has 92 valence electrons. The summed E-state index contributed by atoms with van der Waals surface area (Å²) < 4.78 is 5.26. The highest BCUT2D eigenvalue weighted by Gasteiger charge is 2.12. The first-order valence-corrected chi connectivity index (χ1v) is 6.18. The van der Waals surface area contributed by atoms with Crippen LogP contribution in [0.5, 0.6) is 0 Å². The largest absolute Gasteiger partial charge is 0.378 e. The number of morpholine rings is 1. The molecule has 1 aromatic rings. The van der Waals surface area contributed by atoms with Gasteiger partial charge in [-0.25, -0.2) is 0 Å². The zero-order valence-electron chi connectivity index (χ0n) is 9.28. The predicted octanol–water partition coefficient (Wildman–Crippen LogP) is 1.87. The van der Waals surface area contributed by atoms with E-state index in [0.29, 0.717) is 10.1 Å². The second-order valence-electron chi connectivity index (χ2n) is 3.66. The molecule has 2 rings (SSSR count). The fraction of sp³-hybridized carbons (Fsp3) is 0.364. The fourth-order valence-electron chi connectivity index (χ4n) is 1.50. The minimum atomic E-state index is 0.684. The third-order valence-electron chi connectivity index (χ3n) is 2.46. The number of hydrogen-bond acceptors (Lipinski definition) is 3. The van der Waals surface area contributed by atoms with Crippen molar-refractivity contribution in [1.29, 1.82) is 0 Å². The van der Waals surface area contributed by atoms with Gasteiger partial charge in [-0.05, 0) is 36.5 Å². The molecule has 1 aliphatic heterocycles. The van der Waals surface area contributed by atoms with Crippen molar-refractivity contribution in [2.75, 3.05) is 31.7 Å². The summed E-state index contributed by atoms with van der Waals surface area (Å²) >= 11 is 11.1. The zero-order chi connectivity index (χ0) is 12.1. The Hall–Kier alpha value is -1.04. The predicted molar refractivity (Wildman–Crippen MR) is 73.2 cm³/mol. The van der Waals surface area contributed by atoms with E-state index >= 15 is 0 Å². The lowest BCUT2D eigenvalue weighted by Gasteiger charge is -2.29. The molecule has 0 amide bonds. The Morgan fingerprint density at radius 1 is 1.24 bits per heavy atom. The van der Waals surface area contributed by atoms with E-state index < -0.39 is 0 Å². The zero-order valence-corrected chi connectivity index (χ0v) is 10.9. The minimum absolute atomic E-state index is 0.684. The topological polar surface area (TPSA) is 36.5 Å². The number of halogens is 1. The quantitative estimate of drug-likeness (QED) is 0.634. The molecule has 1 saturated heterocycles. The summed E-state index contributed by atoms with van der Waals surface area (Å²) in [6.07, 6.45) is 0. The van der Waals surface area contributed by atoms with Crippen LogP contribution < -0.4 is 10.9 Å². The highest BCUT2D eigenvalue weighted by molar-refractivity contribution is 7.80. The molecular weight excluding hydrogens is 258 g/mol. The first kappa shape index (κ1) is 12.4. The van der Waals surface area contributed by atoms with Crippen molar-refractivity contribution in [2.45, 2.75) is 0 Å². The smallest absolute Gasteiger partial charge is 0.187 e. The Kier molecular flexibility index (Phi) is 4.42. The van der Waals surface area contributed by atoms with Gasteiger partial charge in [0.2, 0.25) is 0 Å². The van der Waals surface area contributed by atoms with E-state index in [-0.39, 0.29) is 0 Å². The van der Waals surface area contributed by atoms with Crippen LogP contribution in [0, 0.1) is 0 Å². The van der Waals surface area contributed by atoms with Gasteiger partial charge in [0.1, 0.15) is 0 Å². The van der Waals surface area contributed by atoms with E-state index in [0.717, 1.165) is 32.0 Å². The molecule has 1 fully saturated rings. The molecule has 0 bridgehead atoms. The van der Waals surface area contributed by atoms with Gasteiger partial charge >= 0.3 is 0 Å². The van der Waals surface area contributed by atoms with Crippen LogP contribution in [0.25, 0.3) is 0 Å². The Bertz CT molecular complexity index is 379. The first-order chi connectivity index (χ1) is 8.25. The van der Waals surface area contributed by atoms with Gasteiger partial charge in [0, 0.05) is 18.1 Å². The Labute approximate surface area is 111 Å². The van der Waals surface area contributed by atoms with Gasteiger partial charge < -0.3 is 9.64 Å². The van der Waals surface area contributed by atoms with E-state index in [2.05, 4.69) is 15.8 Å². The van der Waals surface area contributed by atoms with E-state index in [1.165, 1.54) is 0 Å². The van der Waals surface area contributed by atoms with Gasteiger partial charge in [0.25, 0.3) is 0 Å². The molecular formula is C11H14ClN3OS. The Balaban J connectivity index is 1.81. The molecule has 0 spiro atoms. The van der Waals surface area contributed by atoms with Gasteiger partial charge in [0.15, 0.2) is 5.11 Å². The van der Waals surface area contributed by atoms with Crippen LogP contribution in [0.2, 0.25) is 5.02 Å². The van der Waals surface area contributed by atoms with Crippen molar-refractivity contribution < 1.29 is 4.74 Å². The lowest BCUT2D eigenvalue weighted by Crippen LogP contribution is -2.47. The summed E-state index contributed by atoms with van der Waals surface area (Å²) in [7, 11) is 0. The number of anilines is 1. The van der Waals surface area contributed by atoms with Crippen molar-refractivity contribution >= 4 is 34.6 Å². The molecule has 0 aromatic heterocycles. The van der Waals surface area contributed by atoms with E-state index in [4.69, 9.17) is 28.6 Å². The summed E-state index contributed by atoms with van der Waals surface area (Å²) in [5, 5.41) is 1.40. The second-order valence-corrected chi connectivity index (χ2v) is 4.48. The van der Waals surface area contributed by atoms with E-state index in [9.17, 15) is 0 Å². The molecule has 1 heterocycles. The summed E-state index contributed by atoms with van der Waals surface area (Å²) in [6, 6.07) is 7.42. The molecule has 6 heteroatoms. The standard InChI is InChI=1S/C11H14ClN3OS/c12-9-1-3-10(4-2-9)13-14-11(17)15-5-7-16-8-6-15/h1-4,13H,5-8H2,(H,14,17). The van der Waals surface area contributed by atoms with Gasteiger partial charge in [-0.1, -0.05) is 11.6 Å². The third-order valence-corrected chi connectivity index (χ3v) is 3.07. The van der Waals surface area contributed by atoms with Gasteiger partial charge in [0.05, 0.1) is 18.9 Å². The SMILES string of the molecule is S=C(NNc1ccc(Cl)cc1)N1CCOCC1. The van der Waals surface area contributed by atoms with Crippen molar-refractivity contribution in [2.24, 2.45) is 0 Å². The third kappa shape index (κ3) is 3.73. The van der Waals surface area contributed by atoms with Crippen LogP contribution in [-0.2, 0) is 4.74 Å². The fourth-order valence-corrected chi connectivity index (χ4v) is 1.86. The highest BCUT2D eigenvalue weighted by Crippen LogP contribution is 2.12. The monoisotopic (exact) mass is 271 g/mol. The summed E-state index contributed by atoms with van der Waals surface area (Å²) in [5.74, 6) is 0. The number of rotatable bonds is 2. The number of hydrogen-bond donors (Lipinski definition) is 2.